The Labute approximate surface area is 238 Å². The van der Waals surface area contributed by atoms with Gasteiger partial charge in [0.1, 0.15) is 18.5 Å². The molecule has 2 amide bonds. The number of hydrogen-bond acceptors (Lipinski definition) is 7. The fraction of sp³-hybridized carbons (Fsp3) is 0.607. The number of carbonyl (C=O) groups excluding carboxylic acids is 3. The van der Waals surface area contributed by atoms with Gasteiger partial charge in [-0.1, -0.05) is 26.2 Å². The van der Waals surface area contributed by atoms with Crippen LogP contribution in [0.3, 0.4) is 0 Å². The normalized spacial score (nSPS) is 21.8. The minimum Gasteiger partial charge on any atom is -0.493 e. The van der Waals surface area contributed by atoms with Gasteiger partial charge in [0.05, 0.1) is 23.3 Å². The van der Waals surface area contributed by atoms with E-state index < -0.39 is 18.2 Å². The van der Waals surface area contributed by atoms with Gasteiger partial charge in [-0.15, -0.1) is 0 Å². The first-order chi connectivity index (χ1) is 18.3. The summed E-state index contributed by atoms with van der Waals surface area (Å²) in [6.07, 6.45) is 7.00. The largest absolute Gasteiger partial charge is 0.493 e. The molecule has 3 N–H and O–H groups in total. The molecule has 0 heterocycles. The third-order valence-corrected chi connectivity index (χ3v) is 8.02. The van der Waals surface area contributed by atoms with Crippen molar-refractivity contribution < 1.29 is 34.1 Å². The van der Waals surface area contributed by atoms with E-state index in [0.717, 1.165) is 25.7 Å². The van der Waals surface area contributed by atoms with Crippen LogP contribution in [-0.4, -0.2) is 78.3 Å². The number of carbonyl (C=O) groups is 3. The van der Waals surface area contributed by atoms with Crippen LogP contribution in [0.15, 0.2) is 23.8 Å². The van der Waals surface area contributed by atoms with E-state index in [1.807, 2.05) is 29.5 Å². The summed E-state index contributed by atoms with van der Waals surface area (Å²) in [5, 5.41) is 23.5. The number of methoxy groups -OCH3 is 1. The zero-order valence-corrected chi connectivity index (χ0v) is 24.3. The van der Waals surface area contributed by atoms with Crippen LogP contribution in [-0.2, 0) is 9.59 Å². The maximum absolute atomic E-state index is 13.4. The summed E-state index contributed by atoms with van der Waals surface area (Å²) in [4.78, 5) is 39.5. The third kappa shape index (κ3) is 7.69. The lowest BCUT2D eigenvalue weighted by Crippen LogP contribution is -2.56. The molecule has 2 aliphatic rings. The minimum atomic E-state index is -1.10. The first-order valence-corrected chi connectivity index (χ1v) is 14.5. The smallest absolute Gasteiger partial charge is 0.247 e. The van der Waals surface area contributed by atoms with Gasteiger partial charge in [0.2, 0.25) is 11.8 Å². The van der Waals surface area contributed by atoms with Gasteiger partial charge in [-0.05, 0) is 66.0 Å². The van der Waals surface area contributed by atoms with E-state index in [1.54, 1.807) is 23.1 Å². The van der Waals surface area contributed by atoms with Gasteiger partial charge < -0.3 is 29.9 Å². The molecule has 2 aliphatic carbocycles. The van der Waals surface area contributed by atoms with Crippen molar-refractivity contribution in [2.45, 2.75) is 76.5 Å². The second kappa shape index (κ2) is 14.8. The molecule has 0 saturated heterocycles. The molecule has 38 heavy (non-hydrogen) atoms. The monoisotopic (exact) mass is 642 g/mol. The number of aliphatic hydroxyl groups is 2. The van der Waals surface area contributed by atoms with Crippen LogP contribution in [0.25, 0.3) is 0 Å². The molecule has 1 aromatic rings. The number of benzene rings is 1. The Hall–Kier alpha value is -2.18. The summed E-state index contributed by atoms with van der Waals surface area (Å²) in [6, 6.07) is 2.55. The Morgan fingerprint density at radius 1 is 1.24 bits per heavy atom. The molecule has 0 bridgehead atoms. The van der Waals surface area contributed by atoms with E-state index in [2.05, 4.69) is 5.32 Å². The van der Waals surface area contributed by atoms with Crippen LogP contribution in [0, 0.1) is 9.49 Å². The van der Waals surface area contributed by atoms with Crippen LogP contribution in [0.1, 0.15) is 68.6 Å². The highest BCUT2D eigenvalue weighted by molar-refractivity contribution is 14.1. The Kier molecular flexibility index (Phi) is 11.9. The van der Waals surface area contributed by atoms with Crippen molar-refractivity contribution >= 4 is 40.7 Å². The molecule has 9 nitrogen and oxygen atoms in total. The number of nitrogens with zero attached hydrogens (tertiary/aromatic N) is 1. The number of hydrogen-bond donors (Lipinski definition) is 3. The summed E-state index contributed by atoms with van der Waals surface area (Å²) in [5.41, 5.74) is 0.805. The zero-order chi connectivity index (χ0) is 27.7. The van der Waals surface area contributed by atoms with E-state index in [9.17, 15) is 24.6 Å². The van der Waals surface area contributed by atoms with Crippen molar-refractivity contribution in [3.63, 3.8) is 0 Å². The summed E-state index contributed by atoms with van der Waals surface area (Å²) >= 11 is 2.04. The lowest BCUT2D eigenvalue weighted by Gasteiger charge is -2.42. The molecule has 3 unspecified atom stereocenters. The Bertz CT molecular complexity index is 1010. The van der Waals surface area contributed by atoms with E-state index >= 15 is 0 Å². The molecule has 0 radical (unpaired) electrons. The molecule has 3 atom stereocenters. The minimum absolute atomic E-state index is 0.0413. The average molecular weight is 643 g/mol. The van der Waals surface area contributed by atoms with Crippen molar-refractivity contribution in [2.24, 2.45) is 5.92 Å². The second-order valence-corrected chi connectivity index (χ2v) is 11.1. The van der Waals surface area contributed by atoms with E-state index in [0.29, 0.717) is 57.8 Å². The number of halogens is 1. The van der Waals surface area contributed by atoms with Gasteiger partial charge in [0.15, 0.2) is 11.5 Å². The van der Waals surface area contributed by atoms with Crippen molar-refractivity contribution in [3.05, 3.63) is 32.9 Å². The molecule has 0 aromatic heterocycles. The van der Waals surface area contributed by atoms with E-state index in [-0.39, 0.29) is 31.4 Å². The Balaban J connectivity index is 1.98. The predicted octanol–water partition coefficient (Wildman–Crippen LogP) is 3.24. The van der Waals surface area contributed by atoms with Crippen molar-refractivity contribution in [2.75, 3.05) is 26.8 Å². The first-order valence-electron chi connectivity index (χ1n) is 13.4. The van der Waals surface area contributed by atoms with Gasteiger partial charge in [-0.25, -0.2) is 0 Å². The lowest BCUT2D eigenvalue weighted by molar-refractivity contribution is -0.139. The third-order valence-electron chi connectivity index (χ3n) is 7.22. The standard InChI is InChI=1S/C28H39IN2O7/c1-3-7-25(34)31(16-18-8-5-4-6-9-18)22-14-20(28(36)30-10-11-32)15-23(26(22)35)38-27-21(29)12-19(17-33)13-24(27)37-2/h12-13,15,17-18,22-23,26,32,35H,3-11,14,16H2,1-2H3,(H,30,36). The predicted molar refractivity (Wildman–Crippen MR) is 151 cm³/mol. The van der Waals surface area contributed by atoms with Gasteiger partial charge in [-0.3, -0.25) is 14.4 Å². The average Bonchev–Trinajstić information content (AvgIpc) is 2.93. The summed E-state index contributed by atoms with van der Waals surface area (Å²) in [5.74, 6) is 0.608. The second-order valence-electron chi connectivity index (χ2n) is 9.97. The number of aliphatic hydroxyl groups excluding tert-OH is 2. The fourth-order valence-electron chi connectivity index (χ4n) is 5.27. The lowest BCUT2D eigenvalue weighted by atomic mass is 9.85. The highest BCUT2D eigenvalue weighted by atomic mass is 127. The molecular formula is C28H39IN2O7. The van der Waals surface area contributed by atoms with Crippen molar-refractivity contribution in [1.29, 1.82) is 0 Å². The molecule has 10 heteroatoms. The highest BCUT2D eigenvalue weighted by Crippen LogP contribution is 2.37. The van der Waals surface area contributed by atoms with Gasteiger partial charge in [0.25, 0.3) is 0 Å². The van der Waals surface area contributed by atoms with Crippen molar-refractivity contribution in [3.8, 4) is 11.5 Å². The van der Waals surface area contributed by atoms with Gasteiger partial charge in [-0.2, -0.15) is 0 Å². The Morgan fingerprint density at radius 2 is 1.97 bits per heavy atom. The van der Waals surface area contributed by atoms with E-state index in [4.69, 9.17) is 9.47 Å². The molecule has 1 aromatic carbocycles. The quantitative estimate of drug-likeness (QED) is 0.236. The van der Waals surface area contributed by atoms with Crippen LogP contribution in [0.5, 0.6) is 11.5 Å². The molecule has 1 fully saturated rings. The van der Waals surface area contributed by atoms with Gasteiger partial charge in [0, 0.05) is 37.1 Å². The van der Waals surface area contributed by atoms with E-state index in [1.165, 1.54) is 13.5 Å². The van der Waals surface area contributed by atoms with Crippen LogP contribution in [0.2, 0.25) is 0 Å². The van der Waals surface area contributed by atoms with Crippen LogP contribution < -0.4 is 14.8 Å². The maximum atomic E-state index is 13.4. The van der Waals surface area contributed by atoms with Crippen molar-refractivity contribution in [1.82, 2.24) is 10.2 Å². The molecular weight excluding hydrogens is 603 g/mol. The van der Waals surface area contributed by atoms with Crippen LogP contribution in [0.4, 0.5) is 0 Å². The summed E-state index contributed by atoms with van der Waals surface area (Å²) in [7, 11) is 1.46. The molecule has 3 rings (SSSR count). The SMILES string of the molecule is CCCC(=O)N(CC1CCCCC1)C1CC(C(=O)NCCO)=CC(Oc2c(I)cc(C=O)cc2OC)C1O. The molecule has 0 aliphatic heterocycles. The molecule has 1 saturated carbocycles. The zero-order valence-electron chi connectivity index (χ0n) is 22.2. The molecule has 0 spiro atoms. The number of nitrogens with one attached hydrogen (secondary N) is 1. The highest BCUT2D eigenvalue weighted by Gasteiger charge is 2.41. The first kappa shape index (κ1) is 30.4. The topological polar surface area (TPSA) is 125 Å². The van der Waals surface area contributed by atoms with Gasteiger partial charge >= 0.3 is 0 Å². The number of ether oxygens (including phenoxy) is 2. The Morgan fingerprint density at radius 3 is 2.61 bits per heavy atom. The number of amides is 2. The summed E-state index contributed by atoms with van der Waals surface area (Å²) in [6.45, 7) is 2.37. The maximum Gasteiger partial charge on any atom is 0.247 e. The summed E-state index contributed by atoms with van der Waals surface area (Å²) < 4.78 is 12.3. The number of aldehydes is 1. The number of rotatable bonds is 12. The van der Waals surface area contributed by atoms with Crippen LogP contribution >= 0.6 is 22.6 Å². The molecule has 210 valence electrons. The fourth-order valence-corrected chi connectivity index (χ4v) is 6.02.